The first-order valence-electron chi connectivity index (χ1n) is 9.40. The lowest BCUT2D eigenvalue weighted by Crippen LogP contribution is -2.18. The fraction of sp³-hybridized carbons (Fsp3) is 0.304. The maximum absolute atomic E-state index is 12.5. The average molecular weight is 377 g/mol. The summed E-state index contributed by atoms with van der Waals surface area (Å²) in [7, 11) is 1.61. The van der Waals surface area contributed by atoms with Gasteiger partial charge in [-0.15, -0.1) is 0 Å². The molecule has 1 aromatic heterocycles. The maximum Gasteiger partial charge on any atom is 0.230 e. The molecule has 146 valence electrons. The van der Waals surface area contributed by atoms with Crippen LogP contribution in [0.2, 0.25) is 0 Å². The summed E-state index contributed by atoms with van der Waals surface area (Å²) in [5.74, 6) is 1.29. The Hall–Kier alpha value is -3.08. The highest BCUT2D eigenvalue weighted by Gasteiger charge is 2.14. The van der Waals surface area contributed by atoms with Crippen LogP contribution in [-0.2, 0) is 23.2 Å². The predicted molar refractivity (Wildman–Crippen MR) is 112 cm³/mol. The van der Waals surface area contributed by atoms with Gasteiger partial charge >= 0.3 is 0 Å². The second-order valence-corrected chi connectivity index (χ2v) is 7.86. The lowest BCUT2D eigenvalue weighted by atomic mass is 9.87. The molecule has 0 aliphatic carbocycles. The minimum Gasteiger partial charge on any atom is -0.496 e. The summed E-state index contributed by atoms with van der Waals surface area (Å²) >= 11 is 0. The highest BCUT2D eigenvalue weighted by Crippen LogP contribution is 2.23. The van der Waals surface area contributed by atoms with Crippen LogP contribution in [0.4, 0.5) is 5.82 Å². The summed E-state index contributed by atoms with van der Waals surface area (Å²) < 4.78 is 7.12. The number of carbonyl (C=O) groups is 1. The molecule has 0 saturated carbocycles. The van der Waals surface area contributed by atoms with Gasteiger partial charge in [-0.25, -0.2) is 4.68 Å². The number of amides is 1. The fourth-order valence-electron chi connectivity index (χ4n) is 3.06. The SMILES string of the molecule is COc1ccccc1CC(=O)Nc1ccnn1Cc1ccc(C(C)(C)C)cc1. The Bertz CT molecular complexity index is 937. The molecular formula is C23H27N3O2. The van der Waals surface area contributed by atoms with Crippen LogP contribution in [0.25, 0.3) is 0 Å². The van der Waals surface area contributed by atoms with Crippen molar-refractivity contribution in [3.63, 3.8) is 0 Å². The van der Waals surface area contributed by atoms with Crippen LogP contribution >= 0.6 is 0 Å². The third kappa shape index (κ3) is 4.80. The molecule has 3 aromatic rings. The Morgan fingerprint density at radius 3 is 2.46 bits per heavy atom. The highest BCUT2D eigenvalue weighted by atomic mass is 16.5. The number of anilines is 1. The van der Waals surface area contributed by atoms with Crippen LogP contribution in [0.5, 0.6) is 5.75 Å². The van der Waals surface area contributed by atoms with Crippen molar-refractivity contribution in [2.24, 2.45) is 0 Å². The van der Waals surface area contributed by atoms with E-state index in [2.05, 4.69) is 55.5 Å². The van der Waals surface area contributed by atoms with E-state index in [1.165, 1.54) is 5.56 Å². The van der Waals surface area contributed by atoms with E-state index in [1.807, 2.05) is 30.3 Å². The van der Waals surface area contributed by atoms with Crippen LogP contribution in [-0.4, -0.2) is 22.8 Å². The second-order valence-electron chi connectivity index (χ2n) is 7.86. The molecule has 0 spiro atoms. The Kier molecular flexibility index (Phi) is 5.83. The van der Waals surface area contributed by atoms with Gasteiger partial charge in [-0.1, -0.05) is 63.2 Å². The smallest absolute Gasteiger partial charge is 0.230 e. The molecular weight excluding hydrogens is 350 g/mol. The van der Waals surface area contributed by atoms with E-state index in [0.29, 0.717) is 18.1 Å². The van der Waals surface area contributed by atoms with Gasteiger partial charge in [-0.3, -0.25) is 4.79 Å². The third-order valence-corrected chi connectivity index (χ3v) is 4.68. The molecule has 0 atom stereocenters. The lowest BCUT2D eigenvalue weighted by Gasteiger charge is -2.19. The number of benzene rings is 2. The lowest BCUT2D eigenvalue weighted by molar-refractivity contribution is -0.115. The summed E-state index contributed by atoms with van der Waals surface area (Å²) in [6, 6.07) is 17.9. The molecule has 0 aliphatic rings. The van der Waals surface area contributed by atoms with Gasteiger partial charge in [-0.2, -0.15) is 5.10 Å². The summed E-state index contributed by atoms with van der Waals surface area (Å²) in [6.07, 6.45) is 1.94. The quantitative estimate of drug-likeness (QED) is 0.692. The summed E-state index contributed by atoms with van der Waals surface area (Å²) in [4.78, 5) is 12.5. The van der Waals surface area contributed by atoms with Crippen molar-refractivity contribution in [1.29, 1.82) is 0 Å². The van der Waals surface area contributed by atoms with Crippen LogP contribution in [0.1, 0.15) is 37.5 Å². The van der Waals surface area contributed by atoms with Crippen molar-refractivity contribution < 1.29 is 9.53 Å². The van der Waals surface area contributed by atoms with Gasteiger partial charge in [-0.05, 0) is 22.6 Å². The molecule has 0 aliphatic heterocycles. The van der Waals surface area contributed by atoms with Crippen LogP contribution < -0.4 is 10.1 Å². The fourth-order valence-corrected chi connectivity index (χ4v) is 3.06. The van der Waals surface area contributed by atoms with E-state index < -0.39 is 0 Å². The van der Waals surface area contributed by atoms with Gasteiger partial charge in [0.25, 0.3) is 0 Å². The van der Waals surface area contributed by atoms with E-state index in [-0.39, 0.29) is 17.7 Å². The Morgan fingerprint density at radius 1 is 1.07 bits per heavy atom. The van der Waals surface area contributed by atoms with E-state index in [1.54, 1.807) is 18.0 Å². The molecule has 1 heterocycles. The molecule has 0 bridgehead atoms. The minimum atomic E-state index is -0.102. The highest BCUT2D eigenvalue weighted by molar-refractivity contribution is 5.91. The van der Waals surface area contributed by atoms with E-state index in [4.69, 9.17) is 4.74 Å². The average Bonchev–Trinajstić information content (AvgIpc) is 3.08. The topological polar surface area (TPSA) is 56.1 Å². The van der Waals surface area contributed by atoms with Crippen molar-refractivity contribution in [2.45, 2.75) is 39.2 Å². The van der Waals surface area contributed by atoms with Crippen molar-refractivity contribution in [3.8, 4) is 5.75 Å². The first kappa shape index (κ1) is 19.7. The normalized spacial score (nSPS) is 11.3. The largest absolute Gasteiger partial charge is 0.496 e. The number of ether oxygens (including phenoxy) is 1. The number of para-hydroxylation sites is 1. The van der Waals surface area contributed by atoms with E-state index in [9.17, 15) is 4.79 Å². The number of carbonyl (C=O) groups excluding carboxylic acids is 1. The minimum absolute atomic E-state index is 0.102. The Morgan fingerprint density at radius 2 is 1.79 bits per heavy atom. The zero-order valence-electron chi connectivity index (χ0n) is 16.9. The molecule has 1 N–H and O–H groups in total. The van der Waals surface area contributed by atoms with Crippen molar-refractivity contribution >= 4 is 11.7 Å². The third-order valence-electron chi connectivity index (χ3n) is 4.68. The van der Waals surface area contributed by atoms with Crippen molar-refractivity contribution in [3.05, 3.63) is 77.5 Å². The van der Waals surface area contributed by atoms with Gasteiger partial charge in [0.05, 0.1) is 26.3 Å². The van der Waals surface area contributed by atoms with E-state index in [0.717, 1.165) is 11.1 Å². The number of aromatic nitrogens is 2. The second kappa shape index (κ2) is 8.30. The number of nitrogens with zero attached hydrogens (tertiary/aromatic N) is 2. The van der Waals surface area contributed by atoms with Crippen molar-refractivity contribution in [1.82, 2.24) is 9.78 Å². The predicted octanol–water partition coefficient (Wildman–Crippen LogP) is 4.42. The molecule has 0 radical (unpaired) electrons. The number of methoxy groups -OCH3 is 1. The number of rotatable bonds is 6. The van der Waals surface area contributed by atoms with Gasteiger partial charge in [0.15, 0.2) is 0 Å². The zero-order chi connectivity index (χ0) is 20.1. The summed E-state index contributed by atoms with van der Waals surface area (Å²) in [5, 5.41) is 7.31. The number of nitrogens with one attached hydrogen (secondary N) is 1. The maximum atomic E-state index is 12.5. The monoisotopic (exact) mass is 377 g/mol. The van der Waals surface area contributed by atoms with Gasteiger partial charge in [0.2, 0.25) is 5.91 Å². The van der Waals surface area contributed by atoms with Crippen LogP contribution in [0.15, 0.2) is 60.8 Å². The van der Waals surface area contributed by atoms with E-state index >= 15 is 0 Å². The Balaban J connectivity index is 1.67. The molecule has 0 saturated heterocycles. The molecule has 28 heavy (non-hydrogen) atoms. The standard InChI is InChI=1S/C23H27N3O2/c1-23(2,3)19-11-9-17(10-12-19)16-26-21(13-14-24-26)25-22(27)15-18-7-5-6-8-20(18)28-4/h5-14H,15-16H2,1-4H3,(H,25,27). The van der Waals surface area contributed by atoms with Crippen LogP contribution in [0, 0.1) is 0 Å². The number of hydrogen-bond acceptors (Lipinski definition) is 3. The van der Waals surface area contributed by atoms with Gasteiger partial charge in [0.1, 0.15) is 11.6 Å². The molecule has 0 fully saturated rings. The molecule has 0 unspecified atom stereocenters. The molecule has 2 aromatic carbocycles. The Labute approximate surface area is 166 Å². The van der Waals surface area contributed by atoms with Gasteiger partial charge < -0.3 is 10.1 Å². The molecule has 1 amide bonds. The zero-order valence-corrected chi connectivity index (χ0v) is 16.9. The first-order valence-corrected chi connectivity index (χ1v) is 9.40. The van der Waals surface area contributed by atoms with Gasteiger partial charge in [0, 0.05) is 11.6 Å². The molecule has 5 nitrogen and oxygen atoms in total. The number of hydrogen-bond donors (Lipinski definition) is 1. The van der Waals surface area contributed by atoms with Crippen LogP contribution in [0.3, 0.4) is 0 Å². The summed E-state index contributed by atoms with van der Waals surface area (Å²) in [6.45, 7) is 7.20. The summed E-state index contributed by atoms with van der Waals surface area (Å²) in [5.41, 5.74) is 3.41. The molecule has 3 rings (SSSR count). The molecule has 5 heteroatoms. The first-order chi connectivity index (χ1) is 13.4. The van der Waals surface area contributed by atoms with Crippen molar-refractivity contribution in [2.75, 3.05) is 12.4 Å².